The highest BCUT2D eigenvalue weighted by Gasteiger charge is 2.21. The fraction of sp³-hybridized carbons (Fsp3) is 0.647. The van der Waals surface area contributed by atoms with Gasteiger partial charge in [0, 0.05) is 11.0 Å². The van der Waals surface area contributed by atoms with Crippen LogP contribution in [0.2, 0.25) is 0 Å². The van der Waals surface area contributed by atoms with Crippen LogP contribution in [0.15, 0.2) is 28.7 Å². The first kappa shape index (κ1) is 15.1. The van der Waals surface area contributed by atoms with E-state index < -0.39 is 0 Å². The lowest BCUT2D eigenvalue weighted by Gasteiger charge is -2.22. The fourth-order valence-corrected chi connectivity index (χ4v) is 3.62. The van der Waals surface area contributed by atoms with Crippen LogP contribution >= 0.6 is 15.9 Å². The van der Waals surface area contributed by atoms with Crippen LogP contribution in [-0.2, 0) is 0 Å². The van der Waals surface area contributed by atoms with E-state index in [4.69, 9.17) is 0 Å². The summed E-state index contributed by atoms with van der Waals surface area (Å²) in [6, 6.07) is 8.88. The van der Waals surface area contributed by atoms with Gasteiger partial charge in [0.05, 0.1) is 0 Å². The van der Waals surface area contributed by atoms with Crippen LogP contribution in [-0.4, -0.2) is 13.1 Å². The Morgan fingerprint density at radius 3 is 2.79 bits per heavy atom. The second kappa shape index (κ2) is 8.06. The maximum absolute atomic E-state index is 3.61. The normalized spacial score (nSPS) is 17.8. The second-order valence-electron chi connectivity index (χ2n) is 5.84. The van der Waals surface area contributed by atoms with E-state index in [0.29, 0.717) is 5.92 Å². The molecule has 0 aliphatic heterocycles. The Kier molecular flexibility index (Phi) is 6.39. The van der Waals surface area contributed by atoms with Crippen molar-refractivity contribution in [1.29, 1.82) is 0 Å². The molecule has 0 saturated heterocycles. The Balaban J connectivity index is 1.99. The summed E-state index contributed by atoms with van der Waals surface area (Å²) in [4.78, 5) is 0. The molecule has 1 N–H and O–H groups in total. The molecule has 0 heterocycles. The van der Waals surface area contributed by atoms with E-state index in [2.05, 4.69) is 52.4 Å². The maximum Gasteiger partial charge on any atom is 0.0178 e. The van der Waals surface area contributed by atoms with Gasteiger partial charge in [-0.3, -0.25) is 0 Å². The van der Waals surface area contributed by atoms with Crippen LogP contribution in [0.3, 0.4) is 0 Å². The van der Waals surface area contributed by atoms with Gasteiger partial charge in [-0.15, -0.1) is 0 Å². The molecule has 106 valence electrons. The van der Waals surface area contributed by atoms with Crippen LogP contribution in [0, 0.1) is 5.92 Å². The van der Waals surface area contributed by atoms with Crippen LogP contribution in [0.4, 0.5) is 0 Å². The molecule has 1 aliphatic rings. The molecule has 0 aromatic heterocycles. The lowest BCUT2D eigenvalue weighted by Crippen LogP contribution is -2.23. The third kappa shape index (κ3) is 4.92. The second-order valence-corrected chi connectivity index (χ2v) is 6.76. The number of hydrogen-bond donors (Lipinski definition) is 1. The van der Waals surface area contributed by atoms with Crippen molar-refractivity contribution < 1.29 is 0 Å². The average molecular weight is 324 g/mol. The summed E-state index contributed by atoms with van der Waals surface area (Å²) in [5, 5.41) is 3.61. The number of nitrogens with one attached hydrogen (secondary N) is 1. The van der Waals surface area contributed by atoms with E-state index in [0.717, 1.165) is 19.0 Å². The molecule has 0 radical (unpaired) electrons. The lowest BCUT2D eigenvalue weighted by atomic mass is 9.88. The van der Waals surface area contributed by atoms with Gasteiger partial charge in [-0.2, -0.15) is 0 Å². The van der Waals surface area contributed by atoms with Gasteiger partial charge >= 0.3 is 0 Å². The molecule has 1 fully saturated rings. The minimum atomic E-state index is 0.673. The predicted molar refractivity (Wildman–Crippen MR) is 86.6 cm³/mol. The van der Waals surface area contributed by atoms with Crippen LogP contribution < -0.4 is 5.32 Å². The van der Waals surface area contributed by atoms with Crippen molar-refractivity contribution in [2.45, 2.75) is 51.4 Å². The van der Waals surface area contributed by atoms with E-state index >= 15 is 0 Å². The molecule has 0 spiro atoms. The van der Waals surface area contributed by atoms with E-state index in [1.807, 2.05) is 0 Å². The first-order valence-corrected chi connectivity index (χ1v) is 8.55. The molecular formula is C17H26BrN. The predicted octanol–water partition coefficient (Wildman–Crippen LogP) is 5.11. The monoisotopic (exact) mass is 323 g/mol. The van der Waals surface area contributed by atoms with Gasteiger partial charge in [-0.25, -0.2) is 0 Å². The summed E-state index contributed by atoms with van der Waals surface area (Å²) in [6.45, 7) is 4.49. The zero-order valence-electron chi connectivity index (χ0n) is 12.0. The molecule has 1 aromatic carbocycles. The molecule has 19 heavy (non-hydrogen) atoms. The van der Waals surface area contributed by atoms with Gasteiger partial charge in [0.2, 0.25) is 0 Å². The molecule has 2 rings (SSSR count). The van der Waals surface area contributed by atoms with Crippen molar-refractivity contribution in [2.75, 3.05) is 13.1 Å². The molecule has 2 heteroatoms. The molecule has 1 aromatic rings. The largest absolute Gasteiger partial charge is 0.316 e. The topological polar surface area (TPSA) is 12.0 Å². The Morgan fingerprint density at radius 1 is 1.32 bits per heavy atom. The summed E-state index contributed by atoms with van der Waals surface area (Å²) in [5.41, 5.74) is 1.49. The summed E-state index contributed by atoms with van der Waals surface area (Å²) < 4.78 is 1.21. The van der Waals surface area contributed by atoms with E-state index in [-0.39, 0.29) is 0 Å². The molecule has 1 aliphatic carbocycles. The molecule has 1 atom stereocenters. The lowest BCUT2D eigenvalue weighted by molar-refractivity contribution is 0.427. The van der Waals surface area contributed by atoms with E-state index in [1.54, 1.807) is 0 Å². The zero-order valence-corrected chi connectivity index (χ0v) is 13.6. The van der Waals surface area contributed by atoms with Crippen molar-refractivity contribution in [2.24, 2.45) is 5.92 Å². The standard InChI is InChI=1S/C17H26BrN/c1-2-10-19-13-16(11-14-6-3-4-7-14)15-8-5-9-17(18)12-15/h5,8-9,12,14,16,19H,2-4,6-7,10-11,13H2,1H3. The Hall–Kier alpha value is -0.340. The summed E-state index contributed by atoms with van der Waals surface area (Å²) >= 11 is 3.60. The molecule has 0 amide bonds. The number of benzene rings is 1. The van der Waals surface area contributed by atoms with Gasteiger partial charge < -0.3 is 5.32 Å². The van der Waals surface area contributed by atoms with Crippen molar-refractivity contribution in [3.05, 3.63) is 34.3 Å². The Labute approximate surface area is 126 Å². The van der Waals surface area contributed by atoms with Crippen molar-refractivity contribution in [1.82, 2.24) is 5.32 Å². The zero-order chi connectivity index (χ0) is 13.5. The minimum absolute atomic E-state index is 0.673. The highest BCUT2D eigenvalue weighted by atomic mass is 79.9. The molecular weight excluding hydrogens is 298 g/mol. The van der Waals surface area contributed by atoms with Crippen LogP contribution in [0.5, 0.6) is 0 Å². The van der Waals surface area contributed by atoms with Gasteiger partial charge in [0.15, 0.2) is 0 Å². The Morgan fingerprint density at radius 2 is 2.11 bits per heavy atom. The third-order valence-electron chi connectivity index (χ3n) is 4.23. The van der Waals surface area contributed by atoms with Gasteiger partial charge in [-0.1, -0.05) is 60.7 Å². The molecule has 1 saturated carbocycles. The molecule has 1 nitrogen and oxygen atoms in total. The fourth-order valence-electron chi connectivity index (χ4n) is 3.20. The van der Waals surface area contributed by atoms with Crippen LogP contribution in [0.1, 0.15) is 56.9 Å². The van der Waals surface area contributed by atoms with E-state index in [1.165, 1.54) is 48.6 Å². The average Bonchev–Trinajstić information content (AvgIpc) is 2.91. The van der Waals surface area contributed by atoms with Gasteiger partial charge in [-0.05, 0) is 48.9 Å². The highest BCUT2D eigenvalue weighted by Crippen LogP contribution is 2.34. The molecule has 0 bridgehead atoms. The highest BCUT2D eigenvalue weighted by molar-refractivity contribution is 9.10. The van der Waals surface area contributed by atoms with Crippen molar-refractivity contribution in [3.63, 3.8) is 0 Å². The third-order valence-corrected chi connectivity index (χ3v) is 4.72. The maximum atomic E-state index is 3.61. The molecule has 1 unspecified atom stereocenters. The number of rotatable bonds is 7. The minimum Gasteiger partial charge on any atom is -0.316 e. The number of hydrogen-bond acceptors (Lipinski definition) is 1. The smallest absolute Gasteiger partial charge is 0.0178 e. The summed E-state index contributed by atoms with van der Waals surface area (Å²) in [6.07, 6.45) is 8.34. The summed E-state index contributed by atoms with van der Waals surface area (Å²) in [5.74, 6) is 1.62. The summed E-state index contributed by atoms with van der Waals surface area (Å²) in [7, 11) is 0. The first-order valence-electron chi connectivity index (χ1n) is 7.75. The van der Waals surface area contributed by atoms with Gasteiger partial charge in [0.25, 0.3) is 0 Å². The SMILES string of the molecule is CCCNCC(CC1CCCC1)c1cccc(Br)c1. The number of halogens is 1. The Bertz CT molecular complexity index is 371. The van der Waals surface area contributed by atoms with Gasteiger partial charge in [0.1, 0.15) is 0 Å². The first-order chi connectivity index (χ1) is 9.29. The van der Waals surface area contributed by atoms with Crippen molar-refractivity contribution >= 4 is 15.9 Å². The van der Waals surface area contributed by atoms with Crippen molar-refractivity contribution in [3.8, 4) is 0 Å². The van der Waals surface area contributed by atoms with Crippen LogP contribution in [0.25, 0.3) is 0 Å². The quantitative estimate of drug-likeness (QED) is 0.687. The van der Waals surface area contributed by atoms with E-state index in [9.17, 15) is 0 Å².